The number of anilines is 1. The quantitative estimate of drug-likeness (QED) is 0.288. The van der Waals surface area contributed by atoms with Gasteiger partial charge in [-0.1, -0.05) is 0 Å². The van der Waals surface area contributed by atoms with Gasteiger partial charge < -0.3 is 15.8 Å². The normalized spacial score (nSPS) is 20.9. The fraction of sp³-hybridized carbons (Fsp3) is 0.379. The van der Waals surface area contributed by atoms with Gasteiger partial charge in [0, 0.05) is 48.7 Å². The minimum atomic E-state index is -1.15. The van der Waals surface area contributed by atoms with E-state index in [4.69, 9.17) is 10.8 Å². The Morgan fingerprint density at radius 2 is 1.82 bits per heavy atom. The zero-order chi connectivity index (χ0) is 27.1. The van der Waals surface area contributed by atoms with Crippen molar-refractivity contribution in [1.82, 2.24) is 19.7 Å². The molecule has 0 bridgehead atoms. The Kier molecular flexibility index (Phi) is 6.46. The topological polar surface area (TPSA) is 140 Å². The highest BCUT2D eigenvalue weighted by Crippen LogP contribution is 2.45. The number of nitrogens with two attached hydrogens (primary N) is 1. The van der Waals surface area contributed by atoms with Gasteiger partial charge in [-0.3, -0.25) is 28.9 Å². The van der Waals surface area contributed by atoms with Crippen LogP contribution in [0.1, 0.15) is 76.9 Å². The molecule has 2 fully saturated rings. The number of imide groups is 1. The van der Waals surface area contributed by atoms with Crippen molar-refractivity contribution >= 4 is 29.7 Å². The van der Waals surface area contributed by atoms with Gasteiger partial charge in [0.25, 0.3) is 11.8 Å². The molecule has 1 aromatic carbocycles. The van der Waals surface area contributed by atoms with Crippen molar-refractivity contribution in [3.05, 3.63) is 65.7 Å². The van der Waals surface area contributed by atoms with Crippen LogP contribution in [0.2, 0.25) is 0 Å². The zero-order valence-corrected chi connectivity index (χ0v) is 21.5. The lowest BCUT2D eigenvalue weighted by Crippen LogP contribution is -2.47. The second-order valence-electron chi connectivity index (χ2n) is 10.7. The van der Waals surface area contributed by atoms with E-state index in [0.29, 0.717) is 24.2 Å². The van der Waals surface area contributed by atoms with Gasteiger partial charge in [0.15, 0.2) is 0 Å². The molecule has 200 valence electrons. The number of amides is 3. The second-order valence-corrected chi connectivity index (χ2v) is 10.7. The summed E-state index contributed by atoms with van der Waals surface area (Å²) in [5.74, 6) is -0.919. The molecule has 3 heterocycles. The van der Waals surface area contributed by atoms with Gasteiger partial charge in [0.2, 0.25) is 5.91 Å². The van der Waals surface area contributed by atoms with Crippen LogP contribution in [0, 0.1) is 5.92 Å². The van der Waals surface area contributed by atoms with Crippen molar-refractivity contribution in [2.45, 2.75) is 56.5 Å². The molecule has 3 aromatic rings. The first-order valence-electron chi connectivity index (χ1n) is 13.4. The van der Waals surface area contributed by atoms with Crippen LogP contribution in [0.4, 0.5) is 5.69 Å². The maximum Gasteiger partial charge on any atom is 0.262 e. The van der Waals surface area contributed by atoms with Crippen molar-refractivity contribution < 1.29 is 19.2 Å². The molecule has 6 rings (SSSR count). The van der Waals surface area contributed by atoms with E-state index in [-0.39, 0.29) is 24.0 Å². The molecule has 0 spiro atoms. The zero-order valence-electron chi connectivity index (χ0n) is 21.5. The molecule has 0 radical (unpaired) electrons. The Bertz CT molecular complexity index is 1440. The maximum atomic E-state index is 13.0. The first kappa shape index (κ1) is 25.0. The number of nitrogens with one attached hydrogen (secondary N) is 1. The molecule has 3 aliphatic rings. The Hall–Kier alpha value is -4.34. The fourth-order valence-electron chi connectivity index (χ4n) is 5.63. The number of pyridine rings is 1. The van der Waals surface area contributed by atoms with Crippen LogP contribution in [-0.4, -0.2) is 56.3 Å². The minimum absolute atomic E-state index is 0.0146. The van der Waals surface area contributed by atoms with Gasteiger partial charge in [-0.25, -0.2) is 0 Å². The number of hydrogen-bond acceptors (Lipinski definition) is 7. The largest absolute Gasteiger partial charge is 0.385 e. The van der Waals surface area contributed by atoms with Gasteiger partial charge in [-0.05, 0) is 73.9 Å². The lowest BCUT2D eigenvalue weighted by Gasteiger charge is -2.35. The van der Waals surface area contributed by atoms with E-state index in [1.807, 2.05) is 24.5 Å². The number of aromatic nitrogens is 3. The summed E-state index contributed by atoms with van der Waals surface area (Å²) < 4.78 is 2.13. The summed E-state index contributed by atoms with van der Waals surface area (Å²) in [4.78, 5) is 53.6. The number of fused-ring (bicyclic) bond motifs is 1. The Morgan fingerprint density at radius 3 is 2.51 bits per heavy atom. The average Bonchev–Trinajstić information content (AvgIpc) is 3.63. The molecule has 1 unspecified atom stereocenters. The molecule has 0 saturated heterocycles. The number of rotatable bonds is 11. The average molecular weight is 527 g/mol. The highest BCUT2D eigenvalue weighted by molar-refractivity contribution is 6.23. The van der Waals surface area contributed by atoms with Crippen molar-refractivity contribution in [3.8, 4) is 11.1 Å². The molecule has 1 aliphatic heterocycles. The first-order valence-corrected chi connectivity index (χ1v) is 13.4. The third-order valence-corrected chi connectivity index (χ3v) is 8.01. The summed E-state index contributed by atoms with van der Waals surface area (Å²) in [7, 11) is 0. The van der Waals surface area contributed by atoms with Crippen LogP contribution in [0.15, 0.2) is 48.9 Å². The van der Waals surface area contributed by atoms with Crippen LogP contribution < -0.4 is 11.1 Å². The summed E-state index contributed by atoms with van der Waals surface area (Å²) in [6.45, 7) is 0.734. The van der Waals surface area contributed by atoms with Crippen LogP contribution >= 0.6 is 0 Å². The van der Waals surface area contributed by atoms with Crippen molar-refractivity contribution in [1.29, 1.82) is 0 Å². The van der Waals surface area contributed by atoms with Crippen LogP contribution in [0.5, 0.6) is 0 Å². The number of carbonyl (C=O) groups is 4. The lowest BCUT2D eigenvalue weighted by atomic mass is 9.80. The number of primary amides is 1. The van der Waals surface area contributed by atoms with Crippen LogP contribution in [0.3, 0.4) is 0 Å². The molecular formula is C29H30N6O4. The highest BCUT2D eigenvalue weighted by atomic mass is 16.2. The molecule has 2 aromatic heterocycles. The molecule has 3 amide bonds. The predicted octanol–water partition coefficient (Wildman–Crippen LogP) is 3.31. The fourth-order valence-corrected chi connectivity index (χ4v) is 5.63. The van der Waals surface area contributed by atoms with E-state index in [9.17, 15) is 19.2 Å². The lowest BCUT2D eigenvalue weighted by molar-refractivity contribution is -0.122. The first-order chi connectivity index (χ1) is 18.9. The van der Waals surface area contributed by atoms with E-state index >= 15 is 0 Å². The number of aldehydes is 1. The Balaban J connectivity index is 1.08. The predicted molar refractivity (Wildman–Crippen MR) is 143 cm³/mol. The molecule has 10 heteroatoms. The highest BCUT2D eigenvalue weighted by Gasteiger charge is 2.42. The van der Waals surface area contributed by atoms with E-state index in [0.717, 1.165) is 35.5 Å². The number of nitrogens with zero attached hydrogens (tertiary/aromatic N) is 4. The summed E-state index contributed by atoms with van der Waals surface area (Å²) >= 11 is 0. The van der Waals surface area contributed by atoms with E-state index in [2.05, 4.69) is 21.2 Å². The molecule has 3 N–H and O–H groups in total. The molecule has 39 heavy (non-hydrogen) atoms. The van der Waals surface area contributed by atoms with E-state index in [1.165, 1.54) is 24.1 Å². The molecular weight excluding hydrogens is 496 g/mol. The molecule has 2 saturated carbocycles. The van der Waals surface area contributed by atoms with Crippen LogP contribution in [0.25, 0.3) is 11.1 Å². The summed E-state index contributed by atoms with van der Waals surface area (Å²) in [5.41, 5.74) is 10.2. The second kappa shape index (κ2) is 10.1. The van der Waals surface area contributed by atoms with Gasteiger partial charge in [0.1, 0.15) is 12.3 Å². The van der Waals surface area contributed by atoms with Crippen molar-refractivity contribution in [2.75, 3.05) is 11.9 Å². The molecule has 2 aliphatic carbocycles. The Labute approximate surface area is 225 Å². The van der Waals surface area contributed by atoms with Crippen LogP contribution in [-0.2, 0) is 9.59 Å². The van der Waals surface area contributed by atoms with Gasteiger partial charge in [0.05, 0.1) is 22.9 Å². The summed E-state index contributed by atoms with van der Waals surface area (Å²) in [6.07, 6.45) is 10.9. The molecule has 10 nitrogen and oxygen atoms in total. The number of hydrogen-bond donors (Lipinski definition) is 2. The third-order valence-electron chi connectivity index (χ3n) is 8.01. The Morgan fingerprint density at radius 1 is 1.08 bits per heavy atom. The van der Waals surface area contributed by atoms with Gasteiger partial charge in [-0.15, -0.1) is 0 Å². The standard InChI is InChI=1S/C29H30N6O4/c30-27(37)25(2-1-11-36)35-28(38)22-6-5-20(14-23(22)29(35)39)32-15-17-12-21(13-17)34-16-24(18-7-9-31-10-8-18)26(33-34)19-3-4-19/h5-11,14,16-17,19,21,25,32H,1-4,12-13,15H2,(H2,30,37)/t17-,21-,25?. The van der Waals surface area contributed by atoms with Crippen molar-refractivity contribution in [3.63, 3.8) is 0 Å². The van der Waals surface area contributed by atoms with Gasteiger partial charge >= 0.3 is 0 Å². The SMILES string of the molecule is NC(=O)C(CCC=O)N1C(=O)c2ccc(NC[C@H]3C[C@H](n4cc(-c5ccncc5)c(C5CC5)n4)C3)cc2C1=O. The maximum absolute atomic E-state index is 13.0. The summed E-state index contributed by atoms with van der Waals surface area (Å²) in [6, 6.07) is 8.30. The molecule has 1 atom stereocenters. The van der Waals surface area contributed by atoms with Crippen molar-refractivity contribution in [2.24, 2.45) is 11.7 Å². The minimum Gasteiger partial charge on any atom is -0.385 e. The number of benzene rings is 1. The van der Waals surface area contributed by atoms with E-state index in [1.54, 1.807) is 18.2 Å². The number of carbonyl (C=O) groups excluding carboxylic acids is 4. The van der Waals surface area contributed by atoms with E-state index < -0.39 is 23.8 Å². The third kappa shape index (κ3) is 4.71. The summed E-state index contributed by atoms with van der Waals surface area (Å²) in [5, 5.41) is 8.38. The monoisotopic (exact) mass is 526 g/mol. The smallest absolute Gasteiger partial charge is 0.262 e. The van der Waals surface area contributed by atoms with Gasteiger partial charge in [-0.2, -0.15) is 5.10 Å².